The van der Waals surface area contributed by atoms with Crippen molar-refractivity contribution in [1.82, 2.24) is 19.6 Å². The highest BCUT2D eigenvalue weighted by Crippen LogP contribution is 2.40. The Kier molecular flexibility index (Phi) is 8.43. The lowest BCUT2D eigenvalue weighted by Gasteiger charge is -2.49. The lowest BCUT2D eigenvalue weighted by Crippen LogP contribution is -2.71. The molecule has 3 heterocycles. The van der Waals surface area contributed by atoms with Gasteiger partial charge in [-0.15, -0.1) is 11.8 Å². The third-order valence-corrected chi connectivity index (χ3v) is 6.74. The number of aliphatic carboxylic acids is 2. The number of rotatable bonds is 11. The van der Waals surface area contributed by atoms with Crippen molar-refractivity contribution in [2.24, 2.45) is 5.16 Å². The van der Waals surface area contributed by atoms with Crippen molar-refractivity contribution < 1.29 is 48.6 Å². The normalized spacial score (nSPS) is 19.9. The molecule has 0 spiro atoms. The van der Waals surface area contributed by atoms with Crippen LogP contribution in [0.2, 0.25) is 0 Å². The first-order valence-corrected chi connectivity index (χ1v) is 12.1. The first-order valence-electron chi connectivity index (χ1n) is 10.3. The van der Waals surface area contributed by atoms with Gasteiger partial charge in [-0.05, 0) is 13.8 Å². The number of fused-ring (bicyclic) bond motifs is 1. The predicted octanol–water partition coefficient (Wildman–Crippen LogP) is -1.42. The lowest BCUT2D eigenvalue weighted by atomic mass is 10.0. The molecule has 0 aliphatic carbocycles. The van der Waals surface area contributed by atoms with Crippen LogP contribution in [-0.2, 0) is 38.3 Å². The SMILES string of the molecule is CC(=O)CC(=O)OCC1=C(C(=O)O)N2C(=O)C(NC(=O)C(=NOC(C)C(=O)O)c3nsc(N)n3)[C@@H]2SC1. The summed E-state index contributed by atoms with van der Waals surface area (Å²) >= 11 is 1.85. The van der Waals surface area contributed by atoms with Gasteiger partial charge >= 0.3 is 17.9 Å². The quantitative estimate of drug-likeness (QED) is 0.0803. The van der Waals surface area contributed by atoms with E-state index < -0.39 is 77.5 Å². The van der Waals surface area contributed by atoms with Crippen molar-refractivity contribution in [2.45, 2.75) is 37.8 Å². The minimum Gasteiger partial charge on any atom is -0.478 e. The van der Waals surface area contributed by atoms with Gasteiger partial charge in [0.25, 0.3) is 11.8 Å². The second kappa shape index (κ2) is 11.3. The number of carboxylic acid groups (broad SMARTS) is 2. The number of β-lactam (4-membered cyclic amide) rings is 1. The molecule has 0 saturated carbocycles. The number of oxime groups is 1. The van der Waals surface area contributed by atoms with Gasteiger partial charge in [-0.25, -0.2) is 9.59 Å². The number of nitrogens with two attached hydrogens (primary N) is 1. The second-order valence-corrected chi connectivity index (χ2v) is 9.53. The Balaban J connectivity index is 1.76. The highest BCUT2D eigenvalue weighted by molar-refractivity contribution is 8.00. The van der Waals surface area contributed by atoms with Crippen LogP contribution >= 0.6 is 23.3 Å². The summed E-state index contributed by atoms with van der Waals surface area (Å²) < 4.78 is 8.80. The molecule has 3 rings (SSSR count). The first kappa shape index (κ1) is 27.5. The zero-order valence-corrected chi connectivity index (χ0v) is 20.8. The maximum atomic E-state index is 12.9. The number of carbonyl (C=O) groups is 6. The molecule has 2 aliphatic heterocycles. The van der Waals surface area contributed by atoms with E-state index in [0.717, 1.165) is 28.2 Å². The fraction of sp³-hybridized carbons (Fsp3) is 0.421. The smallest absolute Gasteiger partial charge is 0.352 e. The summed E-state index contributed by atoms with van der Waals surface area (Å²) in [5.41, 5.74) is 4.75. The van der Waals surface area contributed by atoms with E-state index >= 15 is 0 Å². The molecule has 18 heteroatoms. The molecule has 1 fully saturated rings. The average Bonchev–Trinajstić information content (AvgIpc) is 3.25. The molecule has 2 amide bonds. The fourth-order valence-electron chi connectivity index (χ4n) is 3.12. The van der Waals surface area contributed by atoms with E-state index in [4.69, 9.17) is 20.4 Å². The number of amides is 2. The van der Waals surface area contributed by atoms with Gasteiger partial charge in [0.1, 0.15) is 35.9 Å². The summed E-state index contributed by atoms with van der Waals surface area (Å²) in [5, 5.41) is 23.8. The third-order valence-electron chi connectivity index (χ3n) is 4.86. The number of thioether (sulfide) groups is 1. The maximum Gasteiger partial charge on any atom is 0.352 e. The molecule has 198 valence electrons. The Hall–Kier alpha value is -4.06. The summed E-state index contributed by atoms with van der Waals surface area (Å²) in [4.78, 5) is 81.0. The number of anilines is 1. The largest absolute Gasteiger partial charge is 0.478 e. The van der Waals surface area contributed by atoms with Crippen LogP contribution in [0.1, 0.15) is 26.1 Å². The van der Waals surface area contributed by atoms with Crippen molar-refractivity contribution in [3.8, 4) is 0 Å². The van der Waals surface area contributed by atoms with Crippen LogP contribution in [0.3, 0.4) is 0 Å². The van der Waals surface area contributed by atoms with E-state index in [-0.39, 0.29) is 22.3 Å². The average molecular weight is 557 g/mol. The number of nitrogen functional groups attached to an aromatic ring is 1. The summed E-state index contributed by atoms with van der Waals surface area (Å²) in [6.07, 6.45) is -1.89. The number of ether oxygens (including phenoxy) is 1. The van der Waals surface area contributed by atoms with E-state index in [1.54, 1.807) is 0 Å². The second-order valence-electron chi connectivity index (χ2n) is 7.64. The number of hydrogen-bond acceptors (Lipinski definition) is 14. The lowest BCUT2D eigenvalue weighted by molar-refractivity contribution is -0.150. The zero-order valence-electron chi connectivity index (χ0n) is 19.2. The van der Waals surface area contributed by atoms with Crippen LogP contribution < -0.4 is 11.1 Å². The Morgan fingerprint density at radius 2 is 2.00 bits per heavy atom. The van der Waals surface area contributed by atoms with Gasteiger partial charge < -0.3 is 30.8 Å². The van der Waals surface area contributed by atoms with Crippen LogP contribution in [0.15, 0.2) is 16.4 Å². The van der Waals surface area contributed by atoms with E-state index in [1.807, 2.05) is 0 Å². The van der Waals surface area contributed by atoms with Gasteiger partial charge in [0.15, 0.2) is 5.13 Å². The number of nitrogens with zero attached hydrogens (tertiary/aromatic N) is 4. The van der Waals surface area contributed by atoms with Crippen LogP contribution in [0.4, 0.5) is 5.13 Å². The molecular weight excluding hydrogens is 536 g/mol. The number of carbonyl (C=O) groups excluding carboxylic acids is 4. The molecule has 2 unspecified atom stereocenters. The van der Waals surface area contributed by atoms with Crippen molar-refractivity contribution in [2.75, 3.05) is 18.1 Å². The number of nitrogens with one attached hydrogen (secondary N) is 1. The van der Waals surface area contributed by atoms with E-state index in [9.17, 15) is 33.9 Å². The topological polar surface area (TPSA) is 241 Å². The number of Topliss-reactive ketones (excluding diaryl/α,β-unsaturated/α-hetero) is 1. The maximum absolute atomic E-state index is 12.9. The summed E-state index contributed by atoms with van der Waals surface area (Å²) in [6.45, 7) is 1.94. The highest BCUT2D eigenvalue weighted by Gasteiger charge is 2.54. The Labute approximate surface area is 216 Å². The van der Waals surface area contributed by atoms with Crippen molar-refractivity contribution in [3.63, 3.8) is 0 Å². The third kappa shape index (κ3) is 6.20. The van der Waals surface area contributed by atoms with Gasteiger partial charge in [-0.2, -0.15) is 9.36 Å². The standard InChI is InChI=1S/C19H20N6O10S2/c1-6(26)3-9(27)34-4-8-5-36-16-11(15(29)25(16)12(8)18(32)33)21-14(28)10(13-22-19(20)37-24-13)23-35-7(2)17(30)31/h7,11,16H,3-5H2,1-2H3,(H,21,28)(H,30,31)(H,32,33)(H2,20,22,24)/t7?,11?,16-/m0/s1. The van der Waals surface area contributed by atoms with E-state index in [2.05, 4.69) is 19.8 Å². The van der Waals surface area contributed by atoms with Crippen molar-refractivity contribution >= 4 is 69.6 Å². The first-order chi connectivity index (χ1) is 17.4. The molecule has 37 heavy (non-hydrogen) atoms. The fourth-order valence-corrected chi connectivity index (χ4v) is 4.88. The van der Waals surface area contributed by atoms with Gasteiger partial charge in [0.2, 0.25) is 17.6 Å². The van der Waals surface area contributed by atoms with Crippen LogP contribution in [-0.4, -0.2) is 95.6 Å². The van der Waals surface area contributed by atoms with Crippen LogP contribution in [0, 0.1) is 0 Å². The number of ketones is 1. The summed E-state index contributed by atoms with van der Waals surface area (Å²) in [7, 11) is 0. The number of carboxylic acids is 2. The predicted molar refractivity (Wildman–Crippen MR) is 125 cm³/mol. The summed E-state index contributed by atoms with van der Waals surface area (Å²) in [6, 6.07) is -1.17. The van der Waals surface area contributed by atoms with Gasteiger partial charge in [0, 0.05) is 22.9 Å². The minimum atomic E-state index is -1.44. The highest BCUT2D eigenvalue weighted by atomic mass is 32.2. The minimum absolute atomic E-state index is 0.0108. The molecule has 1 aromatic heterocycles. The summed E-state index contributed by atoms with van der Waals surface area (Å²) in [5.74, 6) is -6.01. The van der Waals surface area contributed by atoms with Gasteiger partial charge in [-0.1, -0.05) is 5.16 Å². The van der Waals surface area contributed by atoms with Crippen molar-refractivity contribution in [3.05, 3.63) is 17.1 Å². The molecule has 0 bridgehead atoms. The molecule has 0 radical (unpaired) electrons. The molecule has 5 N–H and O–H groups in total. The van der Waals surface area contributed by atoms with Crippen LogP contribution in [0.25, 0.3) is 0 Å². The molecule has 1 saturated heterocycles. The molecule has 0 aromatic carbocycles. The molecular formula is C19H20N6O10S2. The monoisotopic (exact) mass is 556 g/mol. The Morgan fingerprint density at radius 1 is 1.30 bits per heavy atom. The Bertz CT molecular complexity index is 1230. The number of esters is 1. The number of hydrogen-bond donors (Lipinski definition) is 4. The van der Waals surface area contributed by atoms with Crippen molar-refractivity contribution in [1.29, 1.82) is 0 Å². The van der Waals surface area contributed by atoms with E-state index in [1.165, 1.54) is 13.8 Å². The molecule has 2 aliphatic rings. The molecule has 16 nitrogen and oxygen atoms in total. The number of aromatic nitrogens is 2. The van der Waals surface area contributed by atoms with E-state index in [0.29, 0.717) is 0 Å². The van der Waals surface area contributed by atoms with Gasteiger partial charge in [0.05, 0.1) is 0 Å². The molecule has 1 aromatic rings. The van der Waals surface area contributed by atoms with Crippen LogP contribution in [0.5, 0.6) is 0 Å². The Morgan fingerprint density at radius 3 is 2.57 bits per heavy atom. The molecule has 3 atom stereocenters. The zero-order chi connectivity index (χ0) is 27.4. The van der Waals surface area contributed by atoms with Gasteiger partial charge in [-0.3, -0.25) is 24.1 Å².